The summed E-state index contributed by atoms with van der Waals surface area (Å²) in [5.74, 6) is -0.313. The zero-order valence-corrected chi connectivity index (χ0v) is 14.3. The lowest BCUT2D eigenvalue weighted by Gasteiger charge is -2.28. The van der Waals surface area contributed by atoms with Crippen LogP contribution in [0.5, 0.6) is 0 Å². The molecule has 9 heteroatoms. The molecule has 0 unspecified atom stereocenters. The Kier molecular flexibility index (Phi) is 5.80. The Labute approximate surface area is 150 Å². The Morgan fingerprint density at radius 1 is 1.35 bits per heavy atom. The van der Waals surface area contributed by atoms with E-state index in [1.54, 1.807) is 24.7 Å². The van der Waals surface area contributed by atoms with Gasteiger partial charge in [-0.15, -0.1) is 0 Å². The molecule has 3 rings (SSSR count). The highest BCUT2D eigenvalue weighted by Gasteiger charge is 2.23. The second-order valence-corrected chi connectivity index (χ2v) is 5.97. The lowest BCUT2D eigenvalue weighted by Crippen LogP contribution is -2.36. The fraction of sp³-hybridized carbons (Fsp3) is 0.412. The maximum atomic E-state index is 12.3. The molecule has 1 fully saturated rings. The highest BCUT2D eigenvalue weighted by atomic mass is 16.6. The molecule has 0 atom stereocenters. The summed E-state index contributed by atoms with van der Waals surface area (Å²) in [6.07, 6.45) is 6.02. The molecule has 1 aliphatic rings. The molecular formula is C17H21N5O4. The summed E-state index contributed by atoms with van der Waals surface area (Å²) in [7, 11) is 0. The fourth-order valence-corrected chi connectivity index (χ4v) is 2.87. The molecule has 0 radical (unpaired) electrons. The quantitative estimate of drug-likeness (QED) is 0.456. The number of nitrogens with one attached hydrogen (secondary N) is 1. The van der Waals surface area contributed by atoms with E-state index in [-0.39, 0.29) is 17.2 Å². The third-order valence-electron chi connectivity index (χ3n) is 4.22. The van der Waals surface area contributed by atoms with Crippen LogP contribution < -0.4 is 10.2 Å². The number of nitrogens with zero attached hydrogens (tertiary/aromatic N) is 4. The third kappa shape index (κ3) is 4.37. The first-order chi connectivity index (χ1) is 12.6. The molecule has 2 aromatic rings. The van der Waals surface area contributed by atoms with E-state index in [9.17, 15) is 14.9 Å². The minimum Gasteiger partial charge on any atom is -0.378 e. The van der Waals surface area contributed by atoms with Gasteiger partial charge in [-0.2, -0.15) is 0 Å². The number of imidazole rings is 1. The topological polar surface area (TPSA) is 103 Å². The Morgan fingerprint density at radius 3 is 2.85 bits per heavy atom. The van der Waals surface area contributed by atoms with Crippen LogP contribution in [0.15, 0.2) is 36.9 Å². The number of anilines is 1. The molecule has 26 heavy (non-hydrogen) atoms. The van der Waals surface area contributed by atoms with Gasteiger partial charge in [-0.25, -0.2) is 4.98 Å². The summed E-state index contributed by atoms with van der Waals surface area (Å²) >= 11 is 0. The summed E-state index contributed by atoms with van der Waals surface area (Å²) in [5, 5.41) is 14.2. The number of benzene rings is 1. The molecule has 9 nitrogen and oxygen atoms in total. The van der Waals surface area contributed by atoms with Crippen molar-refractivity contribution in [1.82, 2.24) is 14.9 Å². The Balaban J connectivity index is 1.62. The summed E-state index contributed by atoms with van der Waals surface area (Å²) in [5.41, 5.74) is 0.754. The van der Waals surface area contributed by atoms with Crippen LogP contribution in [0.1, 0.15) is 16.8 Å². The number of hydrogen-bond donors (Lipinski definition) is 1. The number of carbonyl (C=O) groups excluding carboxylic acids is 1. The molecule has 2 heterocycles. The van der Waals surface area contributed by atoms with Gasteiger partial charge in [0.1, 0.15) is 5.69 Å². The average Bonchev–Trinajstić information content (AvgIpc) is 3.18. The lowest BCUT2D eigenvalue weighted by molar-refractivity contribution is -0.384. The fourth-order valence-electron chi connectivity index (χ4n) is 2.87. The molecule has 1 amide bonds. The van der Waals surface area contributed by atoms with Crippen LogP contribution in [-0.4, -0.2) is 53.2 Å². The molecule has 0 aliphatic carbocycles. The van der Waals surface area contributed by atoms with Crippen LogP contribution in [0.4, 0.5) is 11.4 Å². The van der Waals surface area contributed by atoms with E-state index in [0.29, 0.717) is 38.5 Å². The molecule has 1 aromatic heterocycles. The van der Waals surface area contributed by atoms with E-state index in [2.05, 4.69) is 10.3 Å². The Bertz CT molecular complexity index is 757. The average molecular weight is 359 g/mol. The molecular weight excluding hydrogens is 338 g/mol. The molecule has 1 N–H and O–H groups in total. The smallest absolute Gasteiger partial charge is 0.293 e. The summed E-state index contributed by atoms with van der Waals surface area (Å²) in [6.45, 7) is 3.50. The van der Waals surface area contributed by atoms with Crippen LogP contribution in [0, 0.1) is 10.1 Å². The minimum absolute atomic E-state index is 0.0574. The van der Waals surface area contributed by atoms with Gasteiger partial charge in [0, 0.05) is 50.2 Å². The number of aromatic nitrogens is 2. The van der Waals surface area contributed by atoms with Crippen LogP contribution >= 0.6 is 0 Å². The first-order valence-corrected chi connectivity index (χ1v) is 8.50. The van der Waals surface area contributed by atoms with Crippen molar-refractivity contribution in [3.63, 3.8) is 0 Å². The van der Waals surface area contributed by atoms with Crippen molar-refractivity contribution < 1.29 is 14.5 Å². The molecule has 0 bridgehead atoms. The van der Waals surface area contributed by atoms with Gasteiger partial charge in [0.25, 0.3) is 11.6 Å². The van der Waals surface area contributed by atoms with Crippen LogP contribution in [0.25, 0.3) is 0 Å². The van der Waals surface area contributed by atoms with Gasteiger partial charge in [0.15, 0.2) is 0 Å². The SMILES string of the molecule is O=C(NCCCn1ccnc1)c1ccc(N2CCOCC2)c([N+](=O)[O-])c1. The van der Waals surface area contributed by atoms with E-state index < -0.39 is 4.92 Å². The number of nitro groups is 1. The number of hydrogen-bond acceptors (Lipinski definition) is 6. The van der Waals surface area contributed by atoms with Gasteiger partial charge in [0.2, 0.25) is 0 Å². The molecule has 0 spiro atoms. The Morgan fingerprint density at radius 2 is 2.15 bits per heavy atom. The van der Waals surface area contributed by atoms with E-state index in [4.69, 9.17) is 4.74 Å². The standard InChI is InChI=1S/C17H21N5O4/c23-17(19-4-1-6-20-7-5-18-13-20)14-2-3-15(16(12-14)22(24)25)21-8-10-26-11-9-21/h2-3,5,7,12-13H,1,4,6,8-11H2,(H,19,23). The third-order valence-corrected chi connectivity index (χ3v) is 4.22. The van der Waals surface area contributed by atoms with Gasteiger partial charge < -0.3 is 19.5 Å². The monoisotopic (exact) mass is 359 g/mol. The van der Waals surface area contributed by atoms with E-state index in [1.807, 2.05) is 15.7 Å². The van der Waals surface area contributed by atoms with E-state index >= 15 is 0 Å². The van der Waals surface area contributed by atoms with Crippen LogP contribution in [0.3, 0.4) is 0 Å². The highest BCUT2D eigenvalue weighted by Crippen LogP contribution is 2.29. The van der Waals surface area contributed by atoms with Gasteiger partial charge >= 0.3 is 0 Å². The predicted octanol–water partition coefficient (Wildman–Crippen LogP) is 1.45. The summed E-state index contributed by atoms with van der Waals surface area (Å²) < 4.78 is 7.21. The molecule has 1 aromatic carbocycles. The molecule has 1 saturated heterocycles. The normalized spacial score (nSPS) is 14.2. The van der Waals surface area contributed by atoms with Gasteiger partial charge in [-0.1, -0.05) is 0 Å². The van der Waals surface area contributed by atoms with E-state index in [1.165, 1.54) is 6.07 Å². The first-order valence-electron chi connectivity index (χ1n) is 8.50. The van der Waals surface area contributed by atoms with Crippen LogP contribution in [-0.2, 0) is 11.3 Å². The second-order valence-electron chi connectivity index (χ2n) is 5.97. The van der Waals surface area contributed by atoms with Gasteiger partial charge in [-0.05, 0) is 18.6 Å². The van der Waals surface area contributed by atoms with Crippen molar-refractivity contribution in [2.24, 2.45) is 0 Å². The van der Waals surface area contributed by atoms with Crippen molar-refractivity contribution in [3.8, 4) is 0 Å². The maximum absolute atomic E-state index is 12.3. The van der Waals surface area contributed by atoms with E-state index in [0.717, 1.165) is 13.0 Å². The largest absolute Gasteiger partial charge is 0.378 e. The molecule has 138 valence electrons. The zero-order chi connectivity index (χ0) is 18.4. The number of ether oxygens (including phenoxy) is 1. The second kappa shape index (κ2) is 8.43. The lowest BCUT2D eigenvalue weighted by atomic mass is 10.1. The van der Waals surface area contributed by atoms with Crippen LogP contribution in [0.2, 0.25) is 0 Å². The zero-order valence-electron chi connectivity index (χ0n) is 14.3. The maximum Gasteiger partial charge on any atom is 0.293 e. The van der Waals surface area contributed by atoms with Crippen molar-refractivity contribution in [3.05, 3.63) is 52.6 Å². The van der Waals surface area contributed by atoms with Crippen molar-refractivity contribution >= 4 is 17.3 Å². The summed E-state index contributed by atoms with van der Waals surface area (Å²) in [4.78, 5) is 29.1. The number of nitro benzene ring substituents is 1. The van der Waals surface area contributed by atoms with Crippen molar-refractivity contribution in [2.45, 2.75) is 13.0 Å². The Hall–Kier alpha value is -2.94. The van der Waals surface area contributed by atoms with Crippen molar-refractivity contribution in [1.29, 1.82) is 0 Å². The van der Waals surface area contributed by atoms with Gasteiger partial charge in [-0.3, -0.25) is 14.9 Å². The van der Waals surface area contributed by atoms with Gasteiger partial charge in [0.05, 0.1) is 24.5 Å². The number of amides is 1. The predicted molar refractivity (Wildman–Crippen MR) is 95.3 cm³/mol. The molecule has 1 aliphatic heterocycles. The number of morpholine rings is 1. The minimum atomic E-state index is -0.444. The molecule has 0 saturated carbocycles. The van der Waals surface area contributed by atoms with Crippen molar-refractivity contribution in [2.75, 3.05) is 37.7 Å². The number of aryl methyl sites for hydroxylation is 1. The number of carbonyl (C=O) groups is 1. The highest BCUT2D eigenvalue weighted by molar-refractivity contribution is 5.95. The first kappa shape index (κ1) is 17.9. The number of rotatable bonds is 7. The summed E-state index contributed by atoms with van der Waals surface area (Å²) in [6, 6.07) is 4.61.